The Hall–Kier alpha value is -1.78. The number of aliphatic imine (C=N–C) groups is 1. The Morgan fingerprint density at radius 3 is 3.15 bits per heavy atom. The SMILES string of the molecule is NC1=NC(=O)NC2C=CC=C(O)C12. The normalized spacial score (nSPS) is 31.5. The third-order valence-corrected chi connectivity index (χ3v) is 2.10. The molecule has 1 aliphatic carbocycles. The fourth-order valence-corrected chi connectivity index (χ4v) is 1.50. The second-order valence-corrected chi connectivity index (χ2v) is 2.97. The number of amides is 2. The summed E-state index contributed by atoms with van der Waals surface area (Å²) < 4.78 is 0. The summed E-state index contributed by atoms with van der Waals surface area (Å²) in [5, 5.41) is 12.0. The van der Waals surface area contributed by atoms with Crippen LogP contribution in [0.15, 0.2) is 29.0 Å². The van der Waals surface area contributed by atoms with Crippen molar-refractivity contribution in [3.8, 4) is 0 Å². The monoisotopic (exact) mass is 179 g/mol. The van der Waals surface area contributed by atoms with Gasteiger partial charge in [0.15, 0.2) is 0 Å². The van der Waals surface area contributed by atoms with Crippen molar-refractivity contribution >= 4 is 11.9 Å². The number of urea groups is 1. The molecule has 0 aromatic heterocycles. The number of nitrogens with two attached hydrogens (primary N) is 1. The summed E-state index contributed by atoms with van der Waals surface area (Å²) in [7, 11) is 0. The molecule has 0 aromatic carbocycles. The van der Waals surface area contributed by atoms with Gasteiger partial charge < -0.3 is 16.2 Å². The van der Waals surface area contributed by atoms with Crippen molar-refractivity contribution in [3.63, 3.8) is 0 Å². The van der Waals surface area contributed by atoms with E-state index in [1.807, 2.05) is 0 Å². The molecule has 68 valence electrons. The molecular formula is C8H9N3O2. The lowest BCUT2D eigenvalue weighted by atomic mass is 9.91. The maximum Gasteiger partial charge on any atom is 0.343 e. The zero-order chi connectivity index (χ0) is 9.42. The van der Waals surface area contributed by atoms with E-state index in [2.05, 4.69) is 10.3 Å². The van der Waals surface area contributed by atoms with E-state index >= 15 is 0 Å². The largest absolute Gasteiger partial charge is 0.511 e. The Bertz CT molecular complexity index is 343. The molecule has 0 bridgehead atoms. The molecule has 2 unspecified atom stereocenters. The molecule has 13 heavy (non-hydrogen) atoms. The van der Waals surface area contributed by atoms with Crippen LogP contribution in [-0.2, 0) is 0 Å². The first-order chi connectivity index (χ1) is 6.18. The lowest BCUT2D eigenvalue weighted by Gasteiger charge is -2.29. The first-order valence-electron chi connectivity index (χ1n) is 3.90. The second-order valence-electron chi connectivity index (χ2n) is 2.97. The number of hydrogen-bond donors (Lipinski definition) is 3. The zero-order valence-electron chi connectivity index (χ0n) is 6.77. The average molecular weight is 179 g/mol. The summed E-state index contributed by atoms with van der Waals surface area (Å²) in [5.74, 6) is -0.108. The van der Waals surface area contributed by atoms with Gasteiger partial charge in [-0.05, 0) is 6.08 Å². The smallest absolute Gasteiger partial charge is 0.343 e. The molecule has 0 fully saturated rings. The fraction of sp³-hybridized carbons (Fsp3) is 0.250. The number of carbonyl (C=O) groups is 1. The van der Waals surface area contributed by atoms with E-state index in [1.165, 1.54) is 0 Å². The molecule has 1 aliphatic heterocycles. The molecule has 2 amide bonds. The van der Waals surface area contributed by atoms with Crippen LogP contribution >= 0.6 is 0 Å². The molecule has 2 aliphatic rings. The number of hydrogen-bond acceptors (Lipinski definition) is 3. The van der Waals surface area contributed by atoms with E-state index in [0.29, 0.717) is 0 Å². The van der Waals surface area contributed by atoms with Crippen molar-refractivity contribution in [2.24, 2.45) is 16.6 Å². The number of aliphatic hydroxyl groups excluding tert-OH is 1. The van der Waals surface area contributed by atoms with Gasteiger partial charge >= 0.3 is 6.03 Å². The first kappa shape index (κ1) is 7.85. The van der Waals surface area contributed by atoms with Crippen LogP contribution in [-0.4, -0.2) is 23.0 Å². The Kier molecular flexibility index (Phi) is 1.58. The Labute approximate surface area is 74.6 Å². The van der Waals surface area contributed by atoms with E-state index in [9.17, 15) is 9.90 Å². The van der Waals surface area contributed by atoms with Crippen LogP contribution in [0.1, 0.15) is 0 Å². The molecule has 2 rings (SSSR count). The lowest BCUT2D eigenvalue weighted by Crippen LogP contribution is -2.50. The number of amidine groups is 1. The third kappa shape index (κ3) is 1.18. The topological polar surface area (TPSA) is 87.7 Å². The molecule has 0 spiro atoms. The standard InChI is InChI=1S/C8H9N3O2/c9-7-6-4(10-8(13)11-7)2-1-3-5(6)12/h1-4,6,12H,(H3,9,10,11,13). The number of rotatable bonds is 0. The summed E-state index contributed by atoms with van der Waals surface area (Å²) in [5.41, 5.74) is 5.52. The lowest BCUT2D eigenvalue weighted by molar-refractivity contribution is 0.240. The minimum absolute atomic E-state index is 0.133. The van der Waals surface area contributed by atoms with Gasteiger partial charge in [0.1, 0.15) is 11.6 Å². The predicted octanol–water partition coefficient (Wildman–Crippen LogP) is 0.0633. The molecule has 0 aromatic rings. The second kappa shape index (κ2) is 2.62. The minimum Gasteiger partial charge on any atom is -0.511 e. The van der Waals surface area contributed by atoms with Crippen LogP contribution in [0.4, 0.5) is 4.79 Å². The highest BCUT2D eigenvalue weighted by Gasteiger charge is 2.33. The summed E-state index contributed by atoms with van der Waals surface area (Å²) in [6.07, 6.45) is 4.99. The van der Waals surface area contributed by atoms with Gasteiger partial charge in [0.2, 0.25) is 0 Å². The van der Waals surface area contributed by atoms with Crippen LogP contribution in [0.2, 0.25) is 0 Å². The molecule has 0 saturated carbocycles. The average Bonchev–Trinajstić information content (AvgIpc) is 2.02. The van der Waals surface area contributed by atoms with Crippen LogP contribution in [0.5, 0.6) is 0 Å². The summed E-state index contributed by atoms with van der Waals surface area (Å²) in [4.78, 5) is 14.4. The Morgan fingerprint density at radius 1 is 1.62 bits per heavy atom. The van der Waals surface area contributed by atoms with Crippen molar-refractivity contribution < 1.29 is 9.90 Å². The van der Waals surface area contributed by atoms with Crippen molar-refractivity contribution in [2.75, 3.05) is 0 Å². The zero-order valence-corrected chi connectivity index (χ0v) is 6.77. The van der Waals surface area contributed by atoms with E-state index in [0.717, 1.165) is 0 Å². The van der Waals surface area contributed by atoms with Crippen LogP contribution in [0.25, 0.3) is 0 Å². The fourth-order valence-electron chi connectivity index (χ4n) is 1.50. The van der Waals surface area contributed by atoms with E-state index in [1.54, 1.807) is 18.2 Å². The van der Waals surface area contributed by atoms with Crippen molar-refractivity contribution in [1.29, 1.82) is 0 Å². The van der Waals surface area contributed by atoms with Gasteiger partial charge in [-0.3, -0.25) is 0 Å². The molecular weight excluding hydrogens is 170 g/mol. The van der Waals surface area contributed by atoms with Crippen LogP contribution < -0.4 is 11.1 Å². The van der Waals surface area contributed by atoms with Crippen molar-refractivity contribution in [2.45, 2.75) is 6.04 Å². The highest BCUT2D eigenvalue weighted by molar-refractivity contribution is 5.98. The highest BCUT2D eigenvalue weighted by atomic mass is 16.3. The maximum absolute atomic E-state index is 10.9. The number of allylic oxidation sites excluding steroid dienone is 2. The number of carbonyl (C=O) groups excluding carboxylic acids is 1. The van der Waals surface area contributed by atoms with Gasteiger partial charge in [0.25, 0.3) is 0 Å². The van der Waals surface area contributed by atoms with Crippen molar-refractivity contribution in [1.82, 2.24) is 5.32 Å². The first-order valence-corrected chi connectivity index (χ1v) is 3.90. The van der Waals surface area contributed by atoms with Gasteiger partial charge in [-0.15, -0.1) is 0 Å². The quantitative estimate of drug-likeness (QED) is 0.491. The van der Waals surface area contributed by atoms with Gasteiger partial charge in [-0.1, -0.05) is 12.2 Å². The molecule has 1 heterocycles. The molecule has 5 nitrogen and oxygen atoms in total. The summed E-state index contributed by atoms with van der Waals surface area (Å²) in [6.45, 7) is 0. The molecule has 0 saturated heterocycles. The molecule has 2 atom stereocenters. The van der Waals surface area contributed by atoms with Gasteiger partial charge in [0, 0.05) is 0 Å². The number of aliphatic hydroxyl groups is 1. The van der Waals surface area contributed by atoms with E-state index in [-0.39, 0.29) is 17.6 Å². The maximum atomic E-state index is 10.9. The molecule has 5 heteroatoms. The van der Waals surface area contributed by atoms with Gasteiger partial charge in [-0.25, -0.2) is 4.79 Å². The third-order valence-electron chi connectivity index (χ3n) is 2.10. The molecule has 4 N–H and O–H groups in total. The summed E-state index contributed by atoms with van der Waals surface area (Å²) >= 11 is 0. The van der Waals surface area contributed by atoms with Crippen LogP contribution in [0.3, 0.4) is 0 Å². The Morgan fingerprint density at radius 2 is 2.38 bits per heavy atom. The minimum atomic E-state index is -0.460. The van der Waals surface area contributed by atoms with E-state index in [4.69, 9.17) is 5.73 Å². The van der Waals surface area contributed by atoms with E-state index < -0.39 is 11.9 Å². The predicted molar refractivity (Wildman–Crippen MR) is 47.3 cm³/mol. The number of nitrogens with zero attached hydrogens (tertiary/aromatic N) is 1. The summed E-state index contributed by atoms with van der Waals surface area (Å²) in [6, 6.07) is -0.729. The number of nitrogens with one attached hydrogen (secondary N) is 1. The highest BCUT2D eigenvalue weighted by Crippen LogP contribution is 2.21. The van der Waals surface area contributed by atoms with Gasteiger partial charge in [-0.2, -0.15) is 4.99 Å². The molecule has 0 radical (unpaired) electrons. The van der Waals surface area contributed by atoms with Crippen molar-refractivity contribution in [3.05, 3.63) is 24.0 Å². The number of fused-ring (bicyclic) bond motifs is 1. The van der Waals surface area contributed by atoms with Gasteiger partial charge in [0.05, 0.1) is 12.0 Å². The Balaban J connectivity index is 2.39. The van der Waals surface area contributed by atoms with Crippen LogP contribution in [0, 0.1) is 5.92 Å².